The number of ether oxygens (including phenoxy) is 3. The third kappa shape index (κ3) is 6.27. The lowest BCUT2D eigenvalue weighted by atomic mass is 10.1. The molecule has 4 rings (SSSR count). The van der Waals surface area contributed by atoms with Gasteiger partial charge >= 0.3 is 5.97 Å². The minimum absolute atomic E-state index is 0.387. The van der Waals surface area contributed by atoms with Crippen molar-refractivity contribution in [2.45, 2.75) is 6.61 Å². The van der Waals surface area contributed by atoms with Crippen LogP contribution in [0.4, 0.5) is 0 Å². The molecule has 0 bridgehead atoms. The van der Waals surface area contributed by atoms with Crippen molar-refractivity contribution in [2.75, 3.05) is 7.11 Å². The molecule has 0 aliphatic carbocycles. The molecule has 0 saturated heterocycles. The molecule has 0 atom stereocenters. The summed E-state index contributed by atoms with van der Waals surface area (Å²) in [6, 6.07) is 30.3. The Labute approximate surface area is 204 Å². The van der Waals surface area contributed by atoms with E-state index >= 15 is 0 Å². The average molecular weight is 471 g/mol. The summed E-state index contributed by atoms with van der Waals surface area (Å²) in [7, 11) is 1.57. The number of hydrogen-bond acceptors (Lipinski definition) is 4. The smallest absolute Gasteiger partial charge is 0.336 e. The largest absolute Gasteiger partial charge is 0.493 e. The van der Waals surface area contributed by atoms with Gasteiger partial charge in [0.2, 0.25) is 0 Å². The Morgan fingerprint density at radius 2 is 1.53 bits per heavy atom. The minimum atomic E-state index is -0.463. The van der Waals surface area contributed by atoms with Crippen LogP contribution in [0.3, 0.4) is 0 Å². The van der Waals surface area contributed by atoms with Crippen molar-refractivity contribution in [3.05, 3.63) is 119 Å². The molecule has 0 amide bonds. The molecule has 34 heavy (non-hydrogen) atoms. The highest BCUT2D eigenvalue weighted by molar-refractivity contribution is 6.30. The quantitative estimate of drug-likeness (QED) is 0.155. The Morgan fingerprint density at radius 1 is 0.824 bits per heavy atom. The van der Waals surface area contributed by atoms with Gasteiger partial charge in [-0.05, 0) is 64.7 Å². The van der Waals surface area contributed by atoms with E-state index in [1.54, 1.807) is 31.4 Å². The number of carbonyl (C=O) groups excluding carboxylic acids is 1. The maximum absolute atomic E-state index is 12.3. The van der Waals surface area contributed by atoms with E-state index in [1.807, 2.05) is 78.9 Å². The SMILES string of the molecule is COc1cc(/C=C/C(=O)Oc2ccc(-c3ccccc3)cc2)ccc1OCc1ccc(Cl)cc1. The fraction of sp³-hybridized carbons (Fsp3) is 0.0690. The highest BCUT2D eigenvalue weighted by atomic mass is 35.5. The first-order chi connectivity index (χ1) is 16.6. The second kappa shape index (κ2) is 11.2. The van der Waals surface area contributed by atoms with E-state index in [0.717, 1.165) is 22.3 Å². The molecule has 0 fully saturated rings. The predicted octanol–water partition coefficient (Wildman–Crippen LogP) is 7.21. The third-order valence-electron chi connectivity index (χ3n) is 5.09. The molecule has 4 aromatic rings. The van der Waals surface area contributed by atoms with Crippen LogP contribution in [0, 0.1) is 0 Å². The lowest BCUT2D eigenvalue weighted by Crippen LogP contribution is -2.03. The summed E-state index contributed by atoms with van der Waals surface area (Å²) in [5.74, 6) is 1.20. The van der Waals surface area contributed by atoms with E-state index in [4.69, 9.17) is 25.8 Å². The Balaban J connectivity index is 1.36. The zero-order valence-electron chi connectivity index (χ0n) is 18.6. The maximum Gasteiger partial charge on any atom is 0.336 e. The molecular formula is C29H23ClO4. The number of rotatable bonds is 8. The van der Waals surface area contributed by atoms with Gasteiger partial charge in [-0.1, -0.05) is 72.3 Å². The van der Waals surface area contributed by atoms with Crippen LogP contribution in [0.1, 0.15) is 11.1 Å². The zero-order chi connectivity index (χ0) is 23.8. The van der Waals surface area contributed by atoms with Crippen molar-refractivity contribution in [2.24, 2.45) is 0 Å². The number of carbonyl (C=O) groups is 1. The number of benzene rings is 4. The second-order valence-electron chi connectivity index (χ2n) is 7.47. The molecular weight excluding hydrogens is 448 g/mol. The van der Waals surface area contributed by atoms with Gasteiger partial charge in [0.1, 0.15) is 12.4 Å². The summed E-state index contributed by atoms with van der Waals surface area (Å²) >= 11 is 5.92. The van der Waals surface area contributed by atoms with Crippen LogP contribution in [0.5, 0.6) is 17.2 Å². The fourth-order valence-electron chi connectivity index (χ4n) is 3.31. The van der Waals surface area contributed by atoms with Gasteiger partial charge in [-0.15, -0.1) is 0 Å². The monoisotopic (exact) mass is 470 g/mol. The summed E-state index contributed by atoms with van der Waals surface area (Å²) in [6.45, 7) is 0.387. The van der Waals surface area contributed by atoms with Gasteiger partial charge in [0.25, 0.3) is 0 Å². The van der Waals surface area contributed by atoms with Crippen molar-refractivity contribution in [1.29, 1.82) is 0 Å². The number of esters is 1. The first kappa shape index (κ1) is 23.1. The lowest BCUT2D eigenvalue weighted by molar-refractivity contribution is -0.128. The molecule has 0 radical (unpaired) electrons. The molecule has 4 nitrogen and oxygen atoms in total. The van der Waals surface area contributed by atoms with E-state index < -0.39 is 5.97 Å². The molecule has 170 valence electrons. The molecule has 0 spiro atoms. The third-order valence-corrected chi connectivity index (χ3v) is 5.34. The van der Waals surface area contributed by atoms with Crippen LogP contribution in [-0.2, 0) is 11.4 Å². The van der Waals surface area contributed by atoms with E-state index in [1.165, 1.54) is 6.08 Å². The van der Waals surface area contributed by atoms with Gasteiger partial charge in [-0.3, -0.25) is 0 Å². The first-order valence-corrected chi connectivity index (χ1v) is 11.1. The van der Waals surface area contributed by atoms with Crippen molar-refractivity contribution in [3.63, 3.8) is 0 Å². The van der Waals surface area contributed by atoms with Gasteiger partial charge in [0.15, 0.2) is 11.5 Å². The Morgan fingerprint density at radius 3 is 2.24 bits per heavy atom. The van der Waals surface area contributed by atoms with Gasteiger partial charge in [0, 0.05) is 11.1 Å². The topological polar surface area (TPSA) is 44.8 Å². The van der Waals surface area contributed by atoms with Gasteiger partial charge in [0.05, 0.1) is 7.11 Å². The van der Waals surface area contributed by atoms with E-state index in [0.29, 0.717) is 28.9 Å². The molecule has 0 unspecified atom stereocenters. The fourth-order valence-corrected chi connectivity index (χ4v) is 3.44. The van der Waals surface area contributed by atoms with Crippen LogP contribution in [0.25, 0.3) is 17.2 Å². The average Bonchev–Trinajstić information content (AvgIpc) is 2.88. The van der Waals surface area contributed by atoms with E-state index in [2.05, 4.69) is 0 Å². The summed E-state index contributed by atoms with van der Waals surface area (Å²) in [5.41, 5.74) is 3.94. The van der Waals surface area contributed by atoms with Crippen LogP contribution in [0.15, 0.2) is 103 Å². The first-order valence-electron chi connectivity index (χ1n) is 10.7. The number of halogens is 1. The van der Waals surface area contributed by atoms with Crippen LogP contribution >= 0.6 is 11.6 Å². The Bertz CT molecular complexity index is 1260. The van der Waals surface area contributed by atoms with Crippen LogP contribution in [-0.4, -0.2) is 13.1 Å². The van der Waals surface area contributed by atoms with Gasteiger partial charge in [-0.2, -0.15) is 0 Å². The van der Waals surface area contributed by atoms with Gasteiger partial charge < -0.3 is 14.2 Å². The summed E-state index contributed by atoms with van der Waals surface area (Å²) in [4.78, 5) is 12.3. The predicted molar refractivity (Wildman–Crippen MR) is 135 cm³/mol. The molecule has 0 aromatic heterocycles. The Hall–Kier alpha value is -4.02. The van der Waals surface area contributed by atoms with Crippen molar-refractivity contribution in [3.8, 4) is 28.4 Å². The summed E-state index contributed by atoms with van der Waals surface area (Å²) in [5, 5.41) is 0.681. The molecule has 0 saturated carbocycles. The zero-order valence-corrected chi connectivity index (χ0v) is 19.4. The Kier molecular flexibility index (Phi) is 7.63. The van der Waals surface area contributed by atoms with Gasteiger partial charge in [-0.25, -0.2) is 4.79 Å². The van der Waals surface area contributed by atoms with E-state index in [9.17, 15) is 4.79 Å². The minimum Gasteiger partial charge on any atom is -0.493 e. The van der Waals surface area contributed by atoms with Crippen LogP contribution < -0.4 is 14.2 Å². The maximum atomic E-state index is 12.3. The number of hydrogen-bond donors (Lipinski definition) is 0. The molecule has 0 aliphatic heterocycles. The molecule has 0 aliphatic rings. The molecule has 0 N–H and O–H groups in total. The van der Waals surface area contributed by atoms with Crippen LogP contribution in [0.2, 0.25) is 5.02 Å². The second-order valence-corrected chi connectivity index (χ2v) is 7.91. The molecule has 5 heteroatoms. The van der Waals surface area contributed by atoms with Crippen molar-refractivity contribution in [1.82, 2.24) is 0 Å². The van der Waals surface area contributed by atoms with Crippen molar-refractivity contribution < 1.29 is 19.0 Å². The standard InChI is InChI=1S/C29H23ClO4/c1-32-28-19-21(9-17-27(28)33-20-22-7-13-25(30)14-8-22)10-18-29(31)34-26-15-11-24(12-16-26)23-5-3-2-4-6-23/h2-19H,20H2,1H3/b18-10+. The highest BCUT2D eigenvalue weighted by Crippen LogP contribution is 2.29. The lowest BCUT2D eigenvalue weighted by Gasteiger charge is -2.11. The molecule has 4 aromatic carbocycles. The normalized spacial score (nSPS) is 10.8. The summed E-state index contributed by atoms with van der Waals surface area (Å²) < 4.78 is 16.7. The summed E-state index contributed by atoms with van der Waals surface area (Å²) in [6.07, 6.45) is 3.06. The highest BCUT2D eigenvalue weighted by Gasteiger charge is 2.07. The molecule has 0 heterocycles. The van der Waals surface area contributed by atoms with Crippen molar-refractivity contribution >= 4 is 23.6 Å². The number of methoxy groups -OCH3 is 1. The van der Waals surface area contributed by atoms with E-state index in [-0.39, 0.29) is 0 Å².